The number of aromatic nitrogens is 1. The van der Waals surface area contributed by atoms with Gasteiger partial charge in [-0.25, -0.2) is 0 Å². The van der Waals surface area contributed by atoms with Gasteiger partial charge in [0.1, 0.15) is 0 Å². The van der Waals surface area contributed by atoms with Gasteiger partial charge in [-0.1, -0.05) is 36.4 Å². The summed E-state index contributed by atoms with van der Waals surface area (Å²) < 4.78 is 0. The number of aromatic amines is 1. The Morgan fingerprint density at radius 3 is 2.77 bits per heavy atom. The highest BCUT2D eigenvalue weighted by atomic mass is 14.7. The molecule has 1 heterocycles. The smallest absolute Gasteiger partial charge is 0.0459 e. The predicted octanol–water partition coefficient (Wildman–Crippen LogP) is 3.27. The molecule has 0 bridgehead atoms. The number of fused-ring (bicyclic) bond motifs is 3. The minimum atomic E-state index is 1.21. The zero-order valence-electron chi connectivity index (χ0n) is 7.12. The molecule has 0 fully saturated rings. The standard InChI is InChI=1S/C12H9N/c1-2-5-10-9(4-1)8-13-12-7-3-6-11(10)12/h1-8,13H. The van der Waals surface area contributed by atoms with Crippen LogP contribution in [0.2, 0.25) is 0 Å². The van der Waals surface area contributed by atoms with E-state index in [0.717, 1.165) is 0 Å². The Hall–Kier alpha value is -1.76. The normalized spacial score (nSPS) is 11.1. The minimum Gasteiger partial charge on any atom is -0.361 e. The van der Waals surface area contributed by atoms with Gasteiger partial charge < -0.3 is 4.98 Å². The monoisotopic (exact) mass is 167 g/mol. The van der Waals surface area contributed by atoms with Crippen LogP contribution < -0.4 is 0 Å². The van der Waals surface area contributed by atoms with Gasteiger partial charge >= 0.3 is 0 Å². The third-order valence-corrected chi connectivity index (χ3v) is 2.45. The van der Waals surface area contributed by atoms with E-state index in [1.807, 2.05) is 0 Å². The second-order valence-corrected chi connectivity index (χ2v) is 3.23. The van der Waals surface area contributed by atoms with E-state index in [2.05, 4.69) is 53.6 Å². The summed E-state index contributed by atoms with van der Waals surface area (Å²) in [6, 6.07) is 14.7. The molecule has 0 amide bonds. The molecule has 62 valence electrons. The Bertz CT molecular complexity index is 522. The van der Waals surface area contributed by atoms with Crippen LogP contribution in [-0.4, -0.2) is 4.98 Å². The summed E-state index contributed by atoms with van der Waals surface area (Å²) in [5, 5.41) is 2.59. The highest BCUT2D eigenvalue weighted by molar-refractivity contribution is 5.96. The van der Waals surface area contributed by atoms with Gasteiger partial charge in [0, 0.05) is 17.5 Å². The Balaban J connectivity index is 2.57. The summed E-state index contributed by atoms with van der Waals surface area (Å²) in [6.45, 7) is 0. The van der Waals surface area contributed by atoms with Crippen LogP contribution >= 0.6 is 0 Å². The first-order valence-corrected chi connectivity index (χ1v) is 4.40. The molecule has 0 saturated carbocycles. The van der Waals surface area contributed by atoms with Gasteiger partial charge in [-0.2, -0.15) is 0 Å². The topological polar surface area (TPSA) is 15.8 Å². The number of nitrogens with one attached hydrogen (secondary N) is 1. The van der Waals surface area contributed by atoms with Crippen molar-refractivity contribution in [3.8, 4) is 11.3 Å². The molecule has 0 saturated heterocycles. The summed E-state index contributed by atoms with van der Waals surface area (Å²) in [4.78, 5) is 3.27. The summed E-state index contributed by atoms with van der Waals surface area (Å²) in [5.74, 6) is 0. The molecule has 0 atom stereocenters. The largest absolute Gasteiger partial charge is 0.361 e. The number of H-pyrrole nitrogens is 1. The Labute approximate surface area is 76.4 Å². The molecule has 0 unspecified atom stereocenters. The van der Waals surface area contributed by atoms with Crippen molar-refractivity contribution in [1.82, 2.24) is 4.98 Å². The quantitative estimate of drug-likeness (QED) is 0.529. The molecule has 0 aromatic heterocycles. The first-order valence-electron chi connectivity index (χ1n) is 4.40. The maximum Gasteiger partial charge on any atom is 0.0459 e. The zero-order chi connectivity index (χ0) is 8.67. The van der Waals surface area contributed by atoms with Gasteiger partial charge in [0.15, 0.2) is 0 Å². The van der Waals surface area contributed by atoms with E-state index in [1.165, 1.54) is 22.0 Å². The van der Waals surface area contributed by atoms with Crippen LogP contribution in [0.4, 0.5) is 0 Å². The van der Waals surface area contributed by atoms with Gasteiger partial charge in [-0.05, 0) is 16.8 Å². The van der Waals surface area contributed by atoms with Gasteiger partial charge in [-0.15, -0.1) is 0 Å². The van der Waals surface area contributed by atoms with E-state index in [-0.39, 0.29) is 0 Å². The zero-order valence-corrected chi connectivity index (χ0v) is 7.12. The molecule has 1 N–H and O–H groups in total. The van der Waals surface area contributed by atoms with Crippen molar-refractivity contribution in [2.45, 2.75) is 0 Å². The average molecular weight is 167 g/mol. The number of hydrogen-bond donors (Lipinski definition) is 1. The van der Waals surface area contributed by atoms with Gasteiger partial charge in [0.2, 0.25) is 0 Å². The highest BCUT2D eigenvalue weighted by Crippen LogP contribution is 2.28. The van der Waals surface area contributed by atoms with E-state index in [1.54, 1.807) is 0 Å². The van der Waals surface area contributed by atoms with Crippen LogP contribution in [0.3, 0.4) is 0 Å². The fraction of sp³-hybridized carbons (Fsp3) is 0. The van der Waals surface area contributed by atoms with E-state index < -0.39 is 0 Å². The molecule has 3 rings (SSSR count). The Morgan fingerprint density at radius 1 is 0.846 bits per heavy atom. The first kappa shape index (κ1) is 6.72. The lowest BCUT2D eigenvalue weighted by Crippen LogP contribution is -1.82. The van der Waals surface area contributed by atoms with Crippen molar-refractivity contribution in [2.75, 3.05) is 0 Å². The molecule has 1 aliphatic carbocycles. The molecule has 1 aromatic carbocycles. The lowest BCUT2D eigenvalue weighted by molar-refractivity contribution is 1.37. The molecule has 13 heavy (non-hydrogen) atoms. The van der Waals surface area contributed by atoms with Crippen molar-refractivity contribution in [3.63, 3.8) is 0 Å². The summed E-state index contributed by atoms with van der Waals surface area (Å²) >= 11 is 0. The second kappa shape index (κ2) is 2.36. The third kappa shape index (κ3) is 0.872. The van der Waals surface area contributed by atoms with E-state index >= 15 is 0 Å². The van der Waals surface area contributed by atoms with Gasteiger partial charge in [-0.3, -0.25) is 0 Å². The Kier molecular flexibility index (Phi) is 1.22. The third-order valence-electron chi connectivity index (χ3n) is 2.45. The lowest BCUT2D eigenvalue weighted by atomic mass is 10.1. The molecular formula is C12H9N. The minimum absolute atomic E-state index is 1.21. The second-order valence-electron chi connectivity index (χ2n) is 3.23. The maximum atomic E-state index is 3.27. The molecular weight excluding hydrogens is 158 g/mol. The highest BCUT2D eigenvalue weighted by Gasteiger charge is 2.04. The number of rotatable bonds is 0. The van der Waals surface area contributed by atoms with Gasteiger partial charge in [0.25, 0.3) is 0 Å². The van der Waals surface area contributed by atoms with Crippen LogP contribution in [0, 0.1) is 0 Å². The number of pyridine rings is 1. The van der Waals surface area contributed by atoms with Crippen LogP contribution in [0.25, 0.3) is 22.0 Å². The van der Waals surface area contributed by atoms with E-state index in [0.29, 0.717) is 0 Å². The Morgan fingerprint density at radius 2 is 1.77 bits per heavy atom. The SMILES string of the molecule is c1cc2[nH]cc3ccccc3c-2c1. The fourth-order valence-corrected chi connectivity index (χ4v) is 1.80. The molecule has 2 aliphatic rings. The molecule has 0 radical (unpaired) electrons. The first-order chi connectivity index (χ1) is 6.45. The molecule has 1 nitrogen and oxygen atoms in total. The lowest BCUT2D eigenvalue weighted by Gasteiger charge is -2.04. The van der Waals surface area contributed by atoms with E-state index in [4.69, 9.17) is 0 Å². The van der Waals surface area contributed by atoms with Crippen molar-refractivity contribution >= 4 is 10.8 Å². The summed E-state index contributed by atoms with van der Waals surface area (Å²) in [7, 11) is 0. The van der Waals surface area contributed by atoms with Crippen LogP contribution in [0.15, 0.2) is 48.7 Å². The fourth-order valence-electron chi connectivity index (χ4n) is 1.80. The molecule has 1 aromatic rings. The average Bonchev–Trinajstić information content (AvgIpc) is 2.65. The number of hydrogen-bond acceptors (Lipinski definition) is 0. The van der Waals surface area contributed by atoms with Crippen molar-refractivity contribution < 1.29 is 0 Å². The summed E-state index contributed by atoms with van der Waals surface area (Å²) in [6.07, 6.45) is 2.05. The van der Waals surface area contributed by atoms with E-state index in [9.17, 15) is 0 Å². The number of benzene rings is 1. The molecule has 1 heteroatoms. The predicted molar refractivity (Wildman–Crippen MR) is 54.9 cm³/mol. The van der Waals surface area contributed by atoms with Crippen LogP contribution in [0.5, 0.6) is 0 Å². The van der Waals surface area contributed by atoms with Crippen LogP contribution in [0.1, 0.15) is 0 Å². The van der Waals surface area contributed by atoms with Crippen LogP contribution in [-0.2, 0) is 0 Å². The van der Waals surface area contributed by atoms with Crippen molar-refractivity contribution in [2.24, 2.45) is 0 Å². The van der Waals surface area contributed by atoms with Crippen molar-refractivity contribution in [1.29, 1.82) is 0 Å². The van der Waals surface area contributed by atoms with Gasteiger partial charge in [0.05, 0.1) is 0 Å². The molecule has 0 spiro atoms. The summed E-state index contributed by atoms with van der Waals surface area (Å²) in [5.41, 5.74) is 2.51. The van der Waals surface area contributed by atoms with Crippen molar-refractivity contribution in [3.05, 3.63) is 48.7 Å². The molecule has 1 aliphatic heterocycles. The maximum absolute atomic E-state index is 3.27.